The Kier molecular flexibility index (Phi) is 4.11. The second-order valence-corrected chi connectivity index (χ2v) is 5.74. The Labute approximate surface area is 130 Å². The lowest BCUT2D eigenvalue weighted by Crippen LogP contribution is -2.41. The number of anilines is 1. The van der Waals surface area contributed by atoms with Crippen LogP contribution in [0.1, 0.15) is 6.42 Å². The zero-order valence-electron chi connectivity index (χ0n) is 12.9. The fourth-order valence-electron chi connectivity index (χ4n) is 2.72. The lowest BCUT2D eigenvalue weighted by molar-refractivity contribution is 0.204. The molecule has 0 spiro atoms. The van der Waals surface area contributed by atoms with E-state index in [1.54, 1.807) is 15.8 Å². The minimum atomic E-state index is -0.0628. The zero-order chi connectivity index (χ0) is 15.5. The summed E-state index contributed by atoms with van der Waals surface area (Å²) < 4.78 is 1.78. The van der Waals surface area contributed by atoms with Crippen molar-refractivity contribution in [2.75, 3.05) is 32.5 Å². The molecule has 6 heteroatoms. The number of rotatable bonds is 3. The number of urea groups is 1. The summed E-state index contributed by atoms with van der Waals surface area (Å²) in [6.07, 6.45) is 4.65. The number of carbonyl (C=O) groups is 1. The van der Waals surface area contributed by atoms with E-state index in [9.17, 15) is 4.79 Å². The van der Waals surface area contributed by atoms with Crippen molar-refractivity contribution in [1.29, 1.82) is 0 Å². The highest BCUT2D eigenvalue weighted by atomic mass is 16.2. The van der Waals surface area contributed by atoms with Gasteiger partial charge in [-0.1, -0.05) is 0 Å². The first-order chi connectivity index (χ1) is 10.6. The number of aromatic nitrogens is 2. The molecule has 3 rings (SSSR count). The summed E-state index contributed by atoms with van der Waals surface area (Å²) in [5.41, 5.74) is 1.76. The standard InChI is InChI=1S/C16H21N5O/c1-19-11-8-15(12-19)20(2)16(22)18-13-4-6-14(7-5-13)21-10-3-9-17-21/h3-7,9-10,15H,8,11-12H2,1-2H3,(H,18,22). The molecule has 2 amide bonds. The Bertz CT molecular complexity index is 622. The molecule has 6 nitrogen and oxygen atoms in total. The maximum atomic E-state index is 12.3. The van der Waals surface area contributed by atoms with Gasteiger partial charge in [0.1, 0.15) is 0 Å². The largest absolute Gasteiger partial charge is 0.323 e. The van der Waals surface area contributed by atoms with E-state index < -0.39 is 0 Å². The van der Waals surface area contributed by atoms with Crippen molar-refractivity contribution < 1.29 is 4.79 Å². The quantitative estimate of drug-likeness (QED) is 0.943. The van der Waals surface area contributed by atoms with Crippen LogP contribution in [-0.2, 0) is 0 Å². The van der Waals surface area contributed by atoms with Gasteiger partial charge in [-0.25, -0.2) is 9.48 Å². The maximum Gasteiger partial charge on any atom is 0.321 e. The molecule has 1 fully saturated rings. The minimum absolute atomic E-state index is 0.0628. The summed E-state index contributed by atoms with van der Waals surface area (Å²) >= 11 is 0. The summed E-state index contributed by atoms with van der Waals surface area (Å²) in [6, 6.07) is 9.76. The Balaban J connectivity index is 1.62. The fourth-order valence-corrected chi connectivity index (χ4v) is 2.72. The summed E-state index contributed by atoms with van der Waals surface area (Å²) in [4.78, 5) is 16.3. The molecule has 1 unspecified atom stereocenters. The molecule has 0 bridgehead atoms. The van der Waals surface area contributed by atoms with Crippen LogP contribution in [0.3, 0.4) is 0 Å². The van der Waals surface area contributed by atoms with Crippen molar-refractivity contribution in [2.24, 2.45) is 0 Å². The molecular weight excluding hydrogens is 278 g/mol. The van der Waals surface area contributed by atoms with Crippen LogP contribution in [0, 0.1) is 0 Å². The van der Waals surface area contributed by atoms with Crippen LogP contribution >= 0.6 is 0 Å². The first-order valence-electron chi connectivity index (χ1n) is 7.46. The van der Waals surface area contributed by atoms with Crippen LogP contribution in [-0.4, -0.2) is 58.8 Å². The predicted octanol–water partition coefficient (Wildman–Crippen LogP) is 2.04. The normalized spacial score (nSPS) is 18.4. The third kappa shape index (κ3) is 3.12. The molecular formula is C16H21N5O. The van der Waals surface area contributed by atoms with E-state index in [1.165, 1.54) is 0 Å². The molecule has 1 N–H and O–H groups in total. The van der Waals surface area contributed by atoms with Gasteiger partial charge in [0.25, 0.3) is 0 Å². The number of benzene rings is 1. The van der Waals surface area contributed by atoms with Crippen LogP contribution in [0.25, 0.3) is 5.69 Å². The van der Waals surface area contributed by atoms with Crippen LogP contribution in [0.15, 0.2) is 42.7 Å². The number of nitrogens with one attached hydrogen (secondary N) is 1. The average molecular weight is 299 g/mol. The van der Waals surface area contributed by atoms with Gasteiger partial charge in [0.2, 0.25) is 0 Å². The van der Waals surface area contributed by atoms with Crippen LogP contribution in [0.4, 0.5) is 10.5 Å². The van der Waals surface area contributed by atoms with Gasteiger partial charge in [-0.05, 0) is 50.3 Å². The molecule has 1 aliphatic heterocycles. The molecule has 0 aliphatic carbocycles. The van der Waals surface area contributed by atoms with Gasteiger partial charge in [-0.2, -0.15) is 5.10 Å². The average Bonchev–Trinajstić information content (AvgIpc) is 3.18. The number of likely N-dealkylation sites (tertiary alicyclic amines) is 1. The van der Waals surface area contributed by atoms with Gasteiger partial charge in [-0.3, -0.25) is 0 Å². The monoisotopic (exact) mass is 299 g/mol. The van der Waals surface area contributed by atoms with Crippen molar-refractivity contribution in [3.8, 4) is 5.69 Å². The molecule has 1 atom stereocenters. The summed E-state index contributed by atoms with van der Waals surface area (Å²) in [5, 5.41) is 7.13. The molecule has 2 aromatic rings. The molecule has 116 valence electrons. The minimum Gasteiger partial charge on any atom is -0.323 e. The second-order valence-electron chi connectivity index (χ2n) is 5.74. The summed E-state index contributed by atoms with van der Waals surface area (Å²) in [5.74, 6) is 0. The van der Waals surface area contributed by atoms with E-state index in [4.69, 9.17) is 0 Å². The lowest BCUT2D eigenvalue weighted by atomic mass is 10.2. The molecule has 22 heavy (non-hydrogen) atoms. The number of hydrogen-bond acceptors (Lipinski definition) is 3. The van der Waals surface area contributed by atoms with Crippen LogP contribution in [0.2, 0.25) is 0 Å². The van der Waals surface area contributed by atoms with Crippen LogP contribution < -0.4 is 5.32 Å². The van der Waals surface area contributed by atoms with Gasteiger partial charge in [-0.15, -0.1) is 0 Å². The Hall–Kier alpha value is -2.34. The number of hydrogen-bond donors (Lipinski definition) is 1. The van der Waals surface area contributed by atoms with Crippen LogP contribution in [0.5, 0.6) is 0 Å². The third-order valence-electron chi connectivity index (χ3n) is 4.12. The van der Waals surface area contributed by atoms with Crippen molar-refractivity contribution in [1.82, 2.24) is 19.6 Å². The number of nitrogens with zero attached hydrogens (tertiary/aromatic N) is 4. The smallest absolute Gasteiger partial charge is 0.321 e. The Morgan fingerprint density at radius 3 is 2.73 bits per heavy atom. The predicted molar refractivity (Wildman–Crippen MR) is 86.2 cm³/mol. The highest BCUT2D eigenvalue weighted by Crippen LogP contribution is 2.16. The zero-order valence-corrected chi connectivity index (χ0v) is 12.9. The number of likely N-dealkylation sites (N-methyl/N-ethyl adjacent to an activating group) is 2. The summed E-state index contributed by atoms with van der Waals surface area (Å²) in [6.45, 7) is 1.98. The second kappa shape index (κ2) is 6.19. The van der Waals surface area contributed by atoms with Gasteiger partial charge >= 0.3 is 6.03 Å². The topological polar surface area (TPSA) is 53.4 Å². The van der Waals surface area contributed by atoms with E-state index in [0.717, 1.165) is 30.9 Å². The van der Waals surface area contributed by atoms with E-state index >= 15 is 0 Å². The van der Waals surface area contributed by atoms with E-state index in [-0.39, 0.29) is 12.1 Å². The van der Waals surface area contributed by atoms with Gasteiger partial charge in [0.15, 0.2) is 0 Å². The summed E-state index contributed by atoms with van der Waals surface area (Å²) in [7, 11) is 3.94. The van der Waals surface area contributed by atoms with E-state index in [1.807, 2.05) is 43.6 Å². The maximum absolute atomic E-state index is 12.3. The molecule has 1 saturated heterocycles. The molecule has 0 radical (unpaired) electrons. The molecule has 0 saturated carbocycles. The third-order valence-corrected chi connectivity index (χ3v) is 4.12. The van der Waals surface area contributed by atoms with Gasteiger partial charge < -0.3 is 15.1 Å². The van der Waals surface area contributed by atoms with E-state index in [0.29, 0.717) is 0 Å². The van der Waals surface area contributed by atoms with Crippen molar-refractivity contribution >= 4 is 11.7 Å². The Morgan fingerprint density at radius 2 is 2.14 bits per heavy atom. The molecule has 2 heterocycles. The van der Waals surface area contributed by atoms with Crippen molar-refractivity contribution in [3.05, 3.63) is 42.7 Å². The lowest BCUT2D eigenvalue weighted by Gasteiger charge is -2.24. The Morgan fingerprint density at radius 1 is 1.36 bits per heavy atom. The fraction of sp³-hybridized carbons (Fsp3) is 0.375. The van der Waals surface area contributed by atoms with Crippen molar-refractivity contribution in [2.45, 2.75) is 12.5 Å². The van der Waals surface area contributed by atoms with Gasteiger partial charge in [0, 0.05) is 37.7 Å². The highest BCUT2D eigenvalue weighted by molar-refractivity contribution is 5.89. The SMILES string of the molecule is CN1CCC(N(C)C(=O)Nc2ccc(-n3cccn3)cc2)C1. The number of carbonyl (C=O) groups excluding carboxylic acids is 1. The van der Waals surface area contributed by atoms with Crippen molar-refractivity contribution in [3.63, 3.8) is 0 Å². The first-order valence-corrected chi connectivity index (χ1v) is 7.46. The highest BCUT2D eigenvalue weighted by Gasteiger charge is 2.26. The first kappa shape index (κ1) is 14.6. The molecule has 1 aromatic carbocycles. The number of amides is 2. The molecule has 1 aromatic heterocycles. The van der Waals surface area contributed by atoms with Gasteiger partial charge in [0.05, 0.1) is 5.69 Å². The molecule has 1 aliphatic rings. The van der Waals surface area contributed by atoms with E-state index in [2.05, 4.69) is 22.4 Å².